The van der Waals surface area contributed by atoms with Crippen LogP contribution in [0.5, 0.6) is 0 Å². The summed E-state index contributed by atoms with van der Waals surface area (Å²) in [7, 11) is 0. The van der Waals surface area contributed by atoms with Gasteiger partial charge in [-0.2, -0.15) is 0 Å². The maximum atomic E-state index is 13.0. The Morgan fingerprint density at radius 2 is 2.00 bits per heavy atom. The lowest BCUT2D eigenvalue weighted by molar-refractivity contribution is -0.0911. The van der Waals surface area contributed by atoms with Crippen molar-refractivity contribution >= 4 is 0 Å². The van der Waals surface area contributed by atoms with Crippen LogP contribution in [0.4, 0.5) is 4.39 Å². The van der Waals surface area contributed by atoms with Crippen LogP contribution in [0.15, 0.2) is 71.5 Å². The Morgan fingerprint density at radius 1 is 1.22 bits per heavy atom. The first-order valence-electron chi connectivity index (χ1n) is 9.12. The van der Waals surface area contributed by atoms with Gasteiger partial charge in [-0.1, -0.05) is 18.2 Å². The molecule has 1 aliphatic carbocycles. The highest BCUT2D eigenvalue weighted by molar-refractivity contribution is 5.48. The second-order valence-corrected chi connectivity index (χ2v) is 7.60. The molecule has 2 heterocycles. The zero-order chi connectivity index (χ0) is 19.1. The average Bonchev–Trinajstić information content (AvgIpc) is 2.63. The van der Waals surface area contributed by atoms with Gasteiger partial charge in [-0.25, -0.2) is 4.39 Å². The van der Waals surface area contributed by atoms with Crippen molar-refractivity contribution in [3.05, 3.63) is 82.9 Å². The Morgan fingerprint density at radius 3 is 2.78 bits per heavy atom. The minimum atomic E-state index is -1.35. The molecule has 0 amide bonds. The number of hydrogen-bond donors (Lipinski definition) is 4. The number of benzene rings is 1. The fourth-order valence-electron chi connectivity index (χ4n) is 3.55. The molecule has 27 heavy (non-hydrogen) atoms. The molecular formula is C21H24FN3O2. The van der Waals surface area contributed by atoms with Crippen molar-refractivity contribution in [2.45, 2.75) is 38.1 Å². The van der Waals surface area contributed by atoms with E-state index < -0.39 is 11.4 Å². The van der Waals surface area contributed by atoms with Crippen molar-refractivity contribution < 1.29 is 14.2 Å². The number of nitrogens with one attached hydrogen (secondary N) is 3. The zero-order valence-electron chi connectivity index (χ0n) is 15.5. The molecule has 0 spiro atoms. The van der Waals surface area contributed by atoms with Gasteiger partial charge in [0.1, 0.15) is 11.6 Å². The Balaban J connectivity index is 1.48. The van der Waals surface area contributed by atoms with Crippen LogP contribution >= 0.6 is 0 Å². The maximum absolute atomic E-state index is 13.0. The van der Waals surface area contributed by atoms with Crippen LogP contribution in [0, 0.1) is 5.82 Å². The number of rotatable bonds is 4. The first-order valence-corrected chi connectivity index (χ1v) is 9.12. The summed E-state index contributed by atoms with van der Waals surface area (Å²) in [5.74, 6) is -0.809. The summed E-state index contributed by atoms with van der Waals surface area (Å²) in [4.78, 5) is 0. The van der Waals surface area contributed by atoms with Gasteiger partial charge in [-0.3, -0.25) is 5.32 Å². The van der Waals surface area contributed by atoms with Gasteiger partial charge in [0.2, 0.25) is 5.85 Å². The van der Waals surface area contributed by atoms with E-state index in [0.29, 0.717) is 19.4 Å². The average molecular weight is 369 g/mol. The molecule has 6 heteroatoms. The van der Waals surface area contributed by atoms with Gasteiger partial charge in [-0.15, -0.1) is 0 Å². The van der Waals surface area contributed by atoms with E-state index in [4.69, 9.17) is 4.74 Å². The fourth-order valence-corrected chi connectivity index (χ4v) is 3.55. The van der Waals surface area contributed by atoms with Crippen LogP contribution in [0.3, 0.4) is 0 Å². The second kappa shape index (κ2) is 6.55. The molecule has 0 saturated heterocycles. The molecule has 1 aromatic carbocycles. The highest BCUT2D eigenvalue weighted by Gasteiger charge is 2.48. The summed E-state index contributed by atoms with van der Waals surface area (Å²) >= 11 is 0. The zero-order valence-corrected chi connectivity index (χ0v) is 15.5. The maximum Gasteiger partial charge on any atom is 0.216 e. The van der Waals surface area contributed by atoms with Gasteiger partial charge in [-0.05, 0) is 44.0 Å². The lowest BCUT2D eigenvalue weighted by Crippen LogP contribution is -2.75. The van der Waals surface area contributed by atoms with Gasteiger partial charge in [0.25, 0.3) is 0 Å². The molecule has 0 radical (unpaired) electrons. The quantitative estimate of drug-likeness (QED) is 0.615. The first-order chi connectivity index (χ1) is 12.9. The van der Waals surface area contributed by atoms with Crippen LogP contribution in [0.2, 0.25) is 0 Å². The Labute approximate surface area is 158 Å². The van der Waals surface area contributed by atoms with E-state index in [1.54, 1.807) is 18.4 Å². The summed E-state index contributed by atoms with van der Waals surface area (Å²) in [6.45, 7) is 4.42. The van der Waals surface area contributed by atoms with E-state index >= 15 is 0 Å². The number of hydrogen-bond acceptors (Lipinski definition) is 5. The topological polar surface area (TPSA) is 65.5 Å². The highest BCUT2D eigenvalue weighted by atomic mass is 19.1. The summed E-state index contributed by atoms with van der Waals surface area (Å²) in [5, 5.41) is 21.2. The van der Waals surface area contributed by atoms with E-state index in [1.165, 1.54) is 12.1 Å². The van der Waals surface area contributed by atoms with E-state index in [-0.39, 0.29) is 5.82 Å². The van der Waals surface area contributed by atoms with Gasteiger partial charge in [0, 0.05) is 30.3 Å². The molecule has 5 nitrogen and oxygen atoms in total. The predicted octanol–water partition coefficient (Wildman–Crippen LogP) is 2.54. The molecular weight excluding hydrogens is 345 g/mol. The van der Waals surface area contributed by atoms with E-state index in [1.807, 2.05) is 32.1 Å². The molecule has 0 bridgehead atoms. The van der Waals surface area contributed by atoms with Gasteiger partial charge >= 0.3 is 0 Å². The summed E-state index contributed by atoms with van der Waals surface area (Å²) in [6, 6.07) is 6.41. The van der Waals surface area contributed by atoms with Crippen molar-refractivity contribution in [3.8, 4) is 0 Å². The molecule has 0 unspecified atom stereocenters. The molecule has 3 aliphatic rings. The van der Waals surface area contributed by atoms with Crippen LogP contribution < -0.4 is 16.0 Å². The molecule has 142 valence electrons. The van der Waals surface area contributed by atoms with Gasteiger partial charge < -0.3 is 20.5 Å². The predicted molar refractivity (Wildman–Crippen MR) is 101 cm³/mol. The number of allylic oxidation sites excluding steroid dienone is 5. The van der Waals surface area contributed by atoms with Crippen molar-refractivity contribution in [2.24, 2.45) is 0 Å². The lowest BCUT2D eigenvalue weighted by atomic mass is 9.88. The molecule has 4 N–H and O–H groups in total. The third-order valence-corrected chi connectivity index (χ3v) is 5.25. The van der Waals surface area contributed by atoms with Gasteiger partial charge in [0.05, 0.1) is 17.5 Å². The van der Waals surface area contributed by atoms with Crippen LogP contribution in [0.25, 0.3) is 0 Å². The molecule has 0 saturated carbocycles. The second-order valence-electron chi connectivity index (χ2n) is 7.60. The smallest absolute Gasteiger partial charge is 0.216 e. The fraction of sp³-hybridized carbons (Fsp3) is 0.333. The van der Waals surface area contributed by atoms with Crippen LogP contribution in [-0.2, 0) is 11.2 Å². The van der Waals surface area contributed by atoms with Crippen molar-refractivity contribution in [2.75, 3.05) is 6.54 Å². The third-order valence-electron chi connectivity index (χ3n) is 5.25. The van der Waals surface area contributed by atoms with E-state index in [2.05, 4.69) is 16.0 Å². The SMILES string of the molecule is CC1(C)NC2=C(C=C3OC=CC=C3C2)N[C@]1(O)NCCc1ccc(F)cc1. The molecule has 1 aromatic rings. The van der Waals surface area contributed by atoms with Crippen LogP contribution in [0.1, 0.15) is 25.8 Å². The van der Waals surface area contributed by atoms with Crippen molar-refractivity contribution in [1.82, 2.24) is 16.0 Å². The summed E-state index contributed by atoms with van der Waals surface area (Å²) in [6.07, 6.45) is 8.86. The molecule has 4 rings (SSSR count). The molecule has 1 atom stereocenters. The standard InChI is InChI=1S/C21H24FN3O2/c1-20(2)21(26,23-10-9-14-5-7-16(22)8-6-14)25-18-13-19-15(4-3-11-27-19)12-17(18)24-20/h3-8,11,13,23-26H,9-10,12H2,1-2H3/t21-/m1/s1. The minimum Gasteiger partial charge on any atom is -0.465 e. The Hall–Kier alpha value is -2.57. The monoisotopic (exact) mass is 369 g/mol. The minimum absolute atomic E-state index is 0.248. The van der Waals surface area contributed by atoms with E-state index in [0.717, 1.165) is 28.3 Å². The third kappa shape index (κ3) is 3.38. The number of ether oxygens (including phenoxy) is 1. The Bertz CT molecular complexity index is 868. The molecule has 2 aliphatic heterocycles. The largest absolute Gasteiger partial charge is 0.465 e. The summed E-state index contributed by atoms with van der Waals surface area (Å²) < 4.78 is 18.6. The number of fused-ring (bicyclic) bond motifs is 1. The first kappa shape index (κ1) is 17.8. The highest BCUT2D eigenvalue weighted by Crippen LogP contribution is 2.35. The Kier molecular flexibility index (Phi) is 4.32. The van der Waals surface area contributed by atoms with Crippen molar-refractivity contribution in [3.63, 3.8) is 0 Å². The number of halogens is 1. The van der Waals surface area contributed by atoms with Gasteiger partial charge in [0.15, 0.2) is 0 Å². The lowest BCUT2D eigenvalue weighted by Gasteiger charge is -2.50. The van der Waals surface area contributed by atoms with Crippen LogP contribution in [-0.4, -0.2) is 23.0 Å². The normalized spacial score (nSPS) is 25.3. The molecule has 0 fully saturated rings. The van der Waals surface area contributed by atoms with Crippen molar-refractivity contribution in [1.29, 1.82) is 0 Å². The number of aliphatic hydroxyl groups is 1. The molecule has 0 aromatic heterocycles. The van der Waals surface area contributed by atoms with E-state index in [9.17, 15) is 9.50 Å². The summed E-state index contributed by atoms with van der Waals surface area (Å²) in [5.41, 5.74) is 3.31.